The van der Waals surface area contributed by atoms with Gasteiger partial charge in [-0.2, -0.15) is 0 Å². The molecule has 0 saturated heterocycles. The predicted octanol–water partition coefficient (Wildman–Crippen LogP) is 3.46. The number of ether oxygens (including phenoxy) is 4. The Hall–Kier alpha value is -3.09. The van der Waals surface area contributed by atoms with E-state index in [1.807, 2.05) is 0 Å². The van der Waals surface area contributed by atoms with E-state index < -0.39 is 17.6 Å². The van der Waals surface area contributed by atoms with Gasteiger partial charge in [0.25, 0.3) is 0 Å². The molecule has 0 amide bonds. The van der Waals surface area contributed by atoms with E-state index in [0.29, 0.717) is 33.9 Å². The standard InChI is InChI=1S/C19H16F2O5/c1-23-15-7-11(8-16(24-2)18(15)25-3)17-12(9-26-19(17)22)10-4-5-13(20)14(21)6-10/h4-8H,9H2,1-3H3. The summed E-state index contributed by atoms with van der Waals surface area (Å²) in [6.45, 7) is -0.0457. The Balaban J connectivity index is 2.21. The molecular weight excluding hydrogens is 346 g/mol. The molecule has 1 aliphatic heterocycles. The number of carbonyl (C=O) groups is 1. The molecule has 0 aliphatic carbocycles. The van der Waals surface area contributed by atoms with E-state index in [2.05, 4.69) is 0 Å². The Morgan fingerprint density at radius 1 is 0.885 bits per heavy atom. The molecule has 5 nitrogen and oxygen atoms in total. The first kappa shape index (κ1) is 17.7. The fraction of sp³-hybridized carbons (Fsp3) is 0.211. The number of cyclic esters (lactones) is 1. The van der Waals surface area contributed by atoms with Crippen molar-refractivity contribution in [2.75, 3.05) is 27.9 Å². The predicted molar refractivity (Wildman–Crippen MR) is 90.2 cm³/mol. The van der Waals surface area contributed by atoms with Crippen molar-refractivity contribution < 1.29 is 32.5 Å². The molecule has 0 bridgehead atoms. The van der Waals surface area contributed by atoms with E-state index in [-0.39, 0.29) is 12.2 Å². The van der Waals surface area contributed by atoms with Gasteiger partial charge >= 0.3 is 5.97 Å². The Labute approximate surface area is 148 Å². The lowest BCUT2D eigenvalue weighted by molar-refractivity contribution is -0.133. The number of rotatable bonds is 5. The maximum atomic E-state index is 13.6. The van der Waals surface area contributed by atoms with Crippen LogP contribution in [0.15, 0.2) is 30.3 Å². The Kier molecular flexibility index (Phi) is 4.79. The van der Waals surface area contributed by atoms with Crippen LogP contribution in [0.25, 0.3) is 11.1 Å². The van der Waals surface area contributed by atoms with E-state index in [9.17, 15) is 13.6 Å². The van der Waals surface area contributed by atoms with E-state index >= 15 is 0 Å². The Bertz CT molecular complexity index is 880. The molecule has 2 aromatic rings. The number of benzene rings is 2. The summed E-state index contributed by atoms with van der Waals surface area (Å²) in [5, 5.41) is 0. The molecule has 1 aliphatic rings. The topological polar surface area (TPSA) is 54.0 Å². The number of carbonyl (C=O) groups excluding carboxylic acids is 1. The minimum atomic E-state index is -1.00. The summed E-state index contributed by atoms with van der Waals surface area (Å²) < 4.78 is 47.8. The van der Waals surface area contributed by atoms with Crippen molar-refractivity contribution in [1.29, 1.82) is 0 Å². The number of hydrogen-bond acceptors (Lipinski definition) is 5. The number of hydrogen-bond donors (Lipinski definition) is 0. The van der Waals surface area contributed by atoms with Gasteiger partial charge in [0.1, 0.15) is 6.61 Å². The van der Waals surface area contributed by atoms with Gasteiger partial charge in [-0.25, -0.2) is 13.6 Å². The van der Waals surface area contributed by atoms with Crippen LogP contribution in [0.2, 0.25) is 0 Å². The molecule has 2 aromatic carbocycles. The van der Waals surface area contributed by atoms with E-state index in [1.54, 1.807) is 12.1 Å². The molecule has 1 heterocycles. The highest BCUT2D eigenvalue weighted by molar-refractivity contribution is 6.27. The lowest BCUT2D eigenvalue weighted by atomic mass is 9.96. The zero-order valence-electron chi connectivity index (χ0n) is 14.4. The minimum Gasteiger partial charge on any atom is -0.493 e. The highest BCUT2D eigenvalue weighted by Gasteiger charge is 2.29. The van der Waals surface area contributed by atoms with Crippen molar-refractivity contribution >= 4 is 17.1 Å². The Morgan fingerprint density at radius 3 is 2.08 bits per heavy atom. The van der Waals surface area contributed by atoms with Crippen LogP contribution in [-0.4, -0.2) is 33.9 Å². The fourth-order valence-electron chi connectivity index (χ4n) is 2.83. The summed E-state index contributed by atoms with van der Waals surface area (Å²) in [7, 11) is 4.38. The summed E-state index contributed by atoms with van der Waals surface area (Å²) in [5.74, 6) is -1.44. The summed E-state index contributed by atoms with van der Waals surface area (Å²) >= 11 is 0. The van der Waals surface area contributed by atoms with Crippen molar-refractivity contribution in [3.05, 3.63) is 53.1 Å². The second kappa shape index (κ2) is 7.03. The Morgan fingerprint density at radius 2 is 1.54 bits per heavy atom. The van der Waals surface area contributed by atoms with Crippen LogP contribution in [0.4, 0.5) is 8.78 Å². The average Bonchev–Trinajstić information content (AvgIpc) is 3.04. The maximum absolute atomic E-state index is 13.6. The molecule has 0 fully saturated rings. The first-order valence-electron chi connectivity index (χ1n) is 7.66. The SMILES string of the molecule is COc1cc(C2=C(c3ccc(F)c(F)c3)COC2=O)cc(OC)c1OC. The summed E-state index contributed by atoms with van der Waals surface area (Å²) in [5.41, 5.74) is 1.50. The van der Waals surface area contributed by atoms with Crippen LogP contribution in [0.3, 0.4) is 0 Å². The summed E-state index contributed by atoms with van der Waals surface area (Å²) in [6.07, 6.45) is 0. The van der Waals surface area contributed by atoms with Crippen molar-refractivity contribution in [2.45, 2.75) is 0 Å². The zero-order valence-corrected chi connectivity index (χ0v) is 14.4. The van der Waals surface area contributed by atoms with Gasteiger partial charge in [-0.05, 0) is 35.4 Å². The smallest absolute Gasteiger partial charge is 0.339 e. The van der Waals surface area contributed by atoms with Crippen molar-refractivity contribution in [1.82, 2.24) is 0 Å². The van der Waals surface area contributed by atoms with Crippen LogP contribution in [0.1, 0.15) is 11.1 Å². The molecule has 0 radical (unpaired) electrons. The molecule has 26 heavy (non-hydrogen) atoms. The van der Waals surface area contributed by atoms with Gasteiger partial charge in [-0.15, -0.1) is 0 Å². The normalized spacial score (nSPS) is 13.7. The summed E-state index contributed by atoms with van der Waals surface area (Å²) in [6, 6.07) is 6.64. The molecule has 0 N–H and O–H groups in total. The molecule has 136 valence electrons. The fourth-order valence-corrected chi connectivity index (χ4v) is 2.83. The number of methoxy groups -OCH3 is 3. The highest BCUT2D eigenvalue weighted by Crippen LogP contribution is 2.42. The monoisotopic (exact) mass is 362 g/mol. The van der Waals surface area contributed by atoms with Gasteiger partial charge in [0.15, 0.2) is 23.1 Å². The van der Waals surface area contributed by atoms with Crippen molar-refractivity contribution in [3.8, 4) is 17.2 Å². The highest BCUT2D eigenvalue weighted by atomic mass is 19.2. The van der Waals surface area contributed by atoms with Crippen LogP contribution in [-0.2, 0) is 9.53 Å². The third kappa shape index (κ3) is 2.96. The molecular formula is C19H16F2O5. The molecule has 3 rings (SSSR count). The van der Waals surface area contributed by atoms with Crippen LogP contribution in [0.5, 0.6) is 17.2 Å². The van der Waals surface area contributed by atoms with E-state index in [4.69, 9.17) is 18.9 Å². The second-order valence-electron chi connectivity index (χ2n) is 5.47. The lowest BCUT2D eigenvalue weighted by Gasteiger charge is -2.14. The average molecular weight is 362 g/mol. The number of esters is 1. The zero-order chi connectivity index (χ0) is 18.8. The van der Waals surface area contributed by atoms with Crippen LogP contribution < -0.4 is 14.2 Å². The largest absolute Gasteiger partial charge is 0.493 e. The molecule has 0 aromatic heterocycles. The van der Waals surface area contributed by atoms with Gasteiger partial charge in [0, 0.05) is 5.57 Å². The minimum absolute atomic E-state index is 0.0457. The second-order valence-corrected chi connectivity index (χ2v) is 5.47. The lowest BCUT2D eigenvalue weighted by Crippen LogP contribution is -2.01. The first-order chi connectivity index (χ1) is 12.5. The van der Waals surface area contributed by atoms with E-state index in [1.165, 1.54) is 27.4 Å². The molecule has 0 atom stereocenters. The van der Waals surface area contributed by atoms with Crippen LogP contribution >= 0.6 is 0 Å². The van der Waals surface area contributed by atoms with Gasteiger partial charge in [-0.3, -0.25) is 0 Å². The first-order valence-corrected chi connectivity index (χ1v) is 7.66. The van der Waals surface area contributed by atoms with E-state index in [0.717, 1.165) is 12.1 Å². The molecule has 0 saturated carbocycles. The van der Waals surface area contributed by atoms with Crippen molar-refractivity contribution in [3.63, 3.8) is 0 Å². The third-order valence-corrected chi connectivity index (χ3v) is 4.07. The van der Waals surface area contributed by atoms with Gasteiger partial charge in [0.2, 0.25) is 5.75 Å². The number of halogens is 2. The quantitative estimate of drug-likeness (QED) is 0.763. The van der Waals surface area contributed by atoms with Crippen LogP contribution in [0, 0.1) is 11.6 Å². The van der Waals surface area contributed by atoms with Crippen molar-refractivity contribution in [2.24, 2.45) is 0 Å². The molecule has 0 spiro atoms. The van der Waals surface area contributed by atoms with Gasteiger partial charge in [0.05, 0.1) is 26.9 Å². The third-order valence-electron chi connectivity index (χ3n) is 4.07. The van der Waals surface area contributed by atoms with Gasteiger partial charge < -0.3 is 18.9 Å². The molecule has 7 heteroatoms. The molecule has 0 unspecified atom stereocenters. The van der Waals surface area contributed by atoms with Gasteiger partial charge in [-0.1, -0.05) is 6.07 Å². The maximum Gasteiger partial charge on any atom is 0.339 e. The summed E-state index contributed by atoms with van der Waals surface area (Å²) in [4.78, 5) is 12.3.